The summed E-state index contributed by atoms with van der Waals surface area (Å²) in [7, 11) is 0. The molecule has 1 N–H and O–H groups in total. The third-order valence-corrected chi connectivity index (χ3v) is 3.90. The number of nitrogens with one attached hydrogen (secondary N) is 1. The Labute approximate surface area is 131 Å². The van der Waals surface area contributed by atoms with Crippen molar-refractivity contribution in [3.63, 3.8) is 0 Å². The highest BCUT2D eigenvalue weighted by Crippen LogP contribution is 2.19. The van der Waals surface area contributed by atoms with Gasteiger partial charge in [0.05, 0.1) is 0 Å². The molecule has 0 bridgehead atoms. The van der Waals surface area contributed by atoms with Crippen LogP contribution in [0.5, 0.6) is 0 Å². The van der Waals surface area contributed by atoms with Crippen molar-refractivity contribution in [1.29, 1.82) is 0 Å². The second-order valence-electron chi connectivity index (χ2n) is 5.24. The first-order valence-corrected chi connectivity index (χ1v) is 7.78. The standard InChI is InChI=1S/C18H21ClFN/c1-2-11-21-16(12-14-7-3-5-9-17(14)19)13-15-8-4-6-10-18(15)20/h3-10,16,21H,2,11-13H2,1H3. The Bertz CT molecular complexity index is 523. The fourth-order valence-electron chi connectivity index (χ4n) is 2.42. The van der Waals surface area contributed by atoms with Gasteiger partial charge in [0, 0.05) is 11.1 Å². The van der Waals surface area contributed by atoms with Crippen molar-refractivity contribution in [2.45, 2.75) is 32.2 Å². The number of hydrogen-bond acceptors (Lipinski definition) is 1. The minimum Gasteiger partial charge on any atom is -0.313 e. The van der Waals surface area contributed by atoms with Crippen molar-refractivity contribution < 1.29 is 4.39 Å². The average Bonchev–Trinajstić information content (AvgIpc) is 2.49. The van der Waals surface area contributed by atoms with Crippen molar-refractivity contribution in [2.24, 2.45) is 0 Å². The number of halogens is 2. The SMILES string of the molecule is CCCNC(Cc1ccccc1F)Cc1ccccc1Cl. The summed E-state index contributed by atoms with van der Waals surface area (Å²) >= 11 is 6.23. The highest BCUT2D eigenvalue weighted by molar-refractivity contribution is 6.31. The third kappa shape index (κ3) is 4.83. The normalized spacial score (nSPS) is 12.3. The van der Waals surface area contributed by atoms with Gasteiger partial charge in [-0.3, -0.25) is 0 Å². The van der Waals surface area contributed by atoms with Gasteiger partial charge in [-0.1, -0.05) is 54.9 Å². The molecule has 0 fully saturated rings. The lowest BCUT2D eigenvalue weighted by Crippen LogP contribution is -2.34. The zero-order valence-corrected chi connectivity index (χ0v) is 13.0. The van der Waals surface area contributed by atoms with E-state index in [9.17, 15) is 4.39 Å². The second-order valence-corrected chi connectivity index (χ2v) is 5.65. The monoisotopic (exact) mass is 305 g/mol. The van der Waals surface area contributed by atoms with Crippen LogP contribution in [-0.4, -0.2) is 12.6 Å². The Morgan fingerprint density at radius 3 is 2.29 bits per heavy atom. The van der Waals surface area contributed by atoms with Gasteiger partial charge in [-0.05, 0) is 49.1 Å². The van der Waals surface area contributed by atoms with Crippen LogP contribution in [0.1, 0.15) is 24.5 Å². The van der Waals surface area contributed by atoms with Gasteiger partial charge in [-0.15, -0.1) is 0 Å². The van der Waals surface area contributed by atoms with E-state index in [1.54, 1.807) is 6.07 Å². The highest BCUT2D eigenvalue weighted by atomic mass is 35.5. The molecule has 0 saturated carbocycles. The van der Waals surface area contributed by atoms with Crippen LogP contribution < -0.4 is 5.32 Å². The van der Waals surface area contributed by atoms with Gasteiger partial charge in [-0.25, -0.2) is 4.39 Å². The Hall–Kier alpha value is -1.38. The molecule has 0 saturated heterocycles. The van der Waals surface area contributed by atoms with Crippen molar-refractivity contribution in [3.05, 3.63) is 70.5 Å². The molecule has 1 nitrogen and oxygen atoms in total. The summed E-state index contributed by atoms with van der Waals surface area (Å²) in [5.41, 5.74) is 1.85. The van der Waals surface area contributed by atoms with Gasteiger partial charge in [-0.2, -0.15) is 0 Å². The van der Waals surface area contributed by atoms with E-state index < -0.39 is 0 Å². The molecule has 3 heteroatoms. The molecule has 0 aliphatic heterocycles. The second kappa shape index (κ2) is 8.16. The van der Waals surface area contributed by atoms with Crippen LogP contribution >= 0.6 is 11.6 Å². The molecule has 0 amide bonds. The van der Waals surface area contributed by atoms with Crippen LogP contribution in [0.15, 0.2) is 48.5 Å². The van der Waals surface area contributed by atoms with Crippen molar-refractivity contribution in [2.75, 3.05) is 6.54 Å². The quantitative estimate of drug-likeness (QED) is 0.786. The van der Waals surface area contributed by atoms with Gasteiger partial charge in [0.1, 0.15) is 5.82 Å². The molecule has 2 aromatic carbocycles. The van der Waals surface area contributed by atoms with E-state index >= 15 is 0 Å². The van der Waals surface area contributed by atoms with E-state index in [2.05, 4.69) is 12.2 Å². The summed E-state index contributed by atoms with van der Waals surface area (Å²) in [4.78, 5) is 0. The molecule has 0 aliphatic carbocycles. The molecule has 1 unspecified atom stereocenters. The molecule has 112 valence electrons. The summed E-state index contributed by atoms with van der Waals surface area (Å²) < 4.78 is 13.8. The Morgan fingerprint density at radius 1 is 1.00 bits per heavy atom. The van der Waals surface area contributed by atoms with Gasteiger partial charge in [0.2, 0.25) is 0 Å². The average molecular weight is 306 g/mol. The molecule has 0 aliphatic rings. The topological polar surface area (TPSA) is 12.0 Å². The van der Waals surface area contributed by atoms with E-state index in [4.69, 9.17) is 11.6 Å². The summed E-state index contributed by atoms with van der Waals surface area (Å²) in [5.74, 6) is -0.139. The Balaban J connectivity index is 2.11. The first kappa shape index (κ1) is 16.0. The van der Waals surface area contributed by atoms with E-state index in [0.717, 1.165) is 35.5 Å². The Morgan fingerprint density at radius 2 is 1.62 bits per heavy atom. The number of hydrogen-bond donors (Lipinski definition) is 1. The summed E-state index contributed by atoms with van der Waals surface area (Å²) in [6.07, 6.45) is 2.52. The van der Waals surface area contributed by atoms with Crippen molar-refractivity contribution >= 4 is 11.6 Å². The fourth-order valence-corrected chi connectivity index (χ4v) is 2.64. The first-order valence-electron chi connectivity index (χ1n) is 7.41. The lowest BCUT2D eigenvalue weighted by atomic mass is 9.98. The van der Waals surface area contributed by atoms with Gasteiger partial charge in [0.15, 0.2) is 0 Å². The lowest BCUT2D eigenvalue weighted by Gasteiger charge is -2.19. The van der Waals surface area contributed by atoms with E-state index in [-0.39, 0.29) is 11.9 Å². The molecular weight excluding hydrogens is 285 g/mol. The minimum absolute atomic E-state index is 0.139. The third-order valence-electron chi connectivity index (χ3n) is 3.53. The highest BCUT2D eigenvalue weighted by Gasteiger charge is 2.13. The number of rotatable bonds is 7. The largest absolute Gasteiger partial charge is 0.313 e. The summed E-state index contributed by atoms with van der Waals surface area (Å²) in [5, 5.41) is 4.27. The van der Waals surface area contributed by atoms with Gasteiger partial charge >= 0.3 is 0 Å². The molecule has 2 aromatic rings. The predicted molar refractivity (Wildman–Crippen MR) is 87.3 cm³/mol. The maximum atomic E-state index is 13.8. The smallest absolute Gasteiger partial charge is 0.126 e. The molecule has 21 heavy (non-hydrogen) atoms. The summed E-state index contributed by atoms with van der Waals surface area (Å²) in [6.45, 7) is 3.05. The van der Waals surface area contributed by atoms with Crippen LogP contribution in [0.4, 0.5) is 4.39 Å². The zero-order chi connectivity index (χ0) is 15.1. The van der Waals surface area contributed by atoms with E-state index in [1.165, 1.54) is 6.07 Å². The van der Waals surface area contributed by atoms with Crippen molar-refractivity contribution in [1.82, 2.24) is 5.32 Å². The maximum Gasteiger partial charge on any atom is 0.126 e. The first-order chi connectivity index (χ1) is 10.2. The number of benzene rings is 2. The van der Waals surface area contributed by atoms with Crippen LogP contribution in [0.3, 0.4) is 0 Å². The lowest BCUT2D eigenvalue weighted by molar-refractivity contribution is 0.492. The fraction of sp³-hybridized carbons (Fsp3) is 0.333. The van der Waals surface area contributed by atoms with Crippen LogP contribution in [0.25, 0.3) is 0 Å². The molecule has 2 rings (SSSR count). The summed E-state index contributed by atoms with van der Waals surface area (Å²) in [6, 6.07) is 15.0. The van der Waals surface area contributed by atoms with Crippen LogP contribution in [0, 0.1) is 5.82 Å². The molecule has 1 atom stereocenters. The Kier molecular flexibility index (Phi) is 6.21. The van der Waals surface area contributed by atoms with E-state index in [0.29, 0.717) is 6.42 Å². The minimum atomic E-state index is -0.139. The maximum absolute atomic E-state index is 13.8. The van der Waals surface area contributed by atoms with Crippen molar-refractivity contribution in [3.8, 4) is 0 Å². The van der Waals surface area contributed by atoms with Gasteiger partial charge < -0.3 is 5.32 Å². The zero-order valence-electron chi connectivity index (χ0n) is 12.3. The predicted octanol–water partition coefficient (Wildman–Crippen LogP) is 4.63. The molecule has 0 spiro atoms. The van der Waals surface area contributed by atoms with Crippen LogP contribution in [0.2, 0.25) is 5.02 Å². The molecule has 0 aromatic heterocycles. The molecule has 0 radical (unpaired) electrons. The van der Waals surface area contributed by atoms with E-state index in [1.807, 2.05) is 36.4 Å². The van der Waals surface area contributed by atoms with Crippen LogP contribution in [-0.2, 0) is 12.8 Å². The molecule has 0 heterocycles. The van der Waals surface area contributed by atoms with Gasteiger partial charge in [0.25, 0.3) is 0 Å². The molecular formula is C18H21ClFN.